The number of nitrogens with zero attached hydrogens (tertiary/aromatic N) is 1. The molecule has 1 N–H and O–H groups in total. The van der Waals surface area contributed by atoms with Gasteiger partial charge < -0.3 is 5.32 Å². The monoisotopic (exact) mass is 416 g/mol. The molecule has 0 aliphatic carbocycles. The molecule has 0 heterocycles. The number of anilines is 1. The summed E-state index contributed by atoms with van der Waals surface area (Å²) in [4.78, 5) is 13.2. The van der Waals surface area contributed by atoms with Crippen LogP contribution in [0.5, 0.6) is 0 Å². The van der Waals surface area contributed by atoms with Crippen molar-refractivity contribution in [3.8, 4) is 0 Å². The highest BCUT2D eigenvalue weighted by atomic mass is 32.2. The molecule has 158 valence electrons. The van der Waals surface area contributed by atoms with E-state index in [0.717, 1.165) is 28.5 Å². The maximum Gasteiger partial charge on any atom is 0.244 e. The number of hydrogen-bond acceptors (Lipinski definition) is 3. The Kier molecular flexibility index (Phi) is 7.47. The van der Waals surface area contributed by atoms with Gasteiger partial charge in [-0.1, -0.05) is 49.7 Å². The van der Waals surface area contributed by atoms with Crippen molar-refractivity contribution in [1.82, 2.24) is 5.32 Å². The standard InChI is InChI=1S/C23H32N2O3S/c1-7-21(19-11-9-16(3)10-12-19)24-23(26)22(8-2)25(29(6,27)28)20-14-17(4)13-18(5)15-20/h9-15,21-22H,7-8H2,1-6H3,(H,24,26)/t21-,22+/m0/s1. The van der Waals surface area contributed by atoms with Crippen LogP contribution in [0.2, 0.25) is 0 Å². The van der Waals surface area contributed by atoms with Crippen molar-refractivity contribution < 1.29 is 13.2 Å². The van der Waals surface area contributed by atoms with Crippen molar-refractivity contribution in [2.45, 2.75) is 59.5 Å². The first-order valence-corrected chi connectivity index (χ1v) is 11.9. The van der Waals surface area contributed by atoms with Crippen molar-refractivity contribution in [1.29, 1.82) is 0 Å². The van der Waals surface area contributed by atoms with Gasteiger partial charge in [0.05, 0.1) is 18.0 Å². The summed E-state index contributed by atoms with van der Waals surface area (Å²) in [6.07, 6.45) is 2.24. The predicted octanol–water partition coefficient (Wildman–Crippen LogP) is 4.42. The Morgan fingerprint density at radius 3 is 1.93 bits per heavy atom. The van der Waals surface area contributed by atoms with Crippen LogP contribution >= 0.6 is 0 Å². The van der Waals surface area contributed by atoms with Gasteiger partial charge in [0.2, 0.25) is 15.9 Å². The van der Waals surface area contributed by atoms with Gasteiger partial charge in [0.25, 0.3) is 0 Å². The SMILES string of the molecule is CC[C@H](NC(=O)[C@@H](CC)N(c1cc(C)cc(C)c1)S(C)(=O)=O)c1ccc(C)cc1. The Labute approximate surface area is 175 Å². The van der Waals surface area contributed by atoms with Crippen molar-refractivity contribution in [2.75, 3.05) is 10.6 Å². The summed E-state index contributed by atoms with van der Waals surface area (Å²) in [5.74, 6) is -0.287. The maximum atomic E-state index is 13.2. The molecule has 0 aliphatic heterocycles. The van der Waals surface area contributed by atoms with E-state index in [4.69, 9.17) is 0 Å². The summed E-state index contributed by atoms with van der Waals surface area (Å²) in [6.45, 7) is 9.69. The molecule has 0 saturated heterocycles. The van der Waals surface area contributed by atoms with E-state index < -0.39 is 16.1 Å². The van der Waals surface area contributed by atoms with Crippen LogP contribution in [0.25, 0.3) is 0 Å². The van der Waals surface area contributed by atoms with Gasteiger partial charge in [-0.05, 0) is 62.4 Å². The summed E-state index contributed by atoms with van der Waals surface area (Å²) in [6, 6.07) is 12.6. The minimum absolute atomic E-state index is 0.169. The molecule has 2 atom stereocenters. The Morgan fingerprint density at radius 2 is 1.48 bits per heavy atom. The van der Waals surface area contributed by atoms with Crippen LogP contribution in [0.1, 0.15) is 55.0 Å². The predicted molar refractivity (Wildman–Crippen MR) is 120 cm³/mol. The molecule has 1 amide bonds. The van der Waals surface area contributed by atoms with Crippen LogP contribution < -0.4 is 9.62 Å². The Balaban J connectivity index is 2.38. The summed E-state index contributed by atoms with van der Waals surface area (Å²) < 4.78 is 26.6. The smallest absolute Gasteiger partial charge is 0.244 e. The zero-order chi connectivity index (χ0) is 21.8. The number of carbonyl (C=O) groups is 1. The third kappa shape index (κ3) is 5.82. The zero-order valence-corrected chi connectivity index (χ0v) is 19.0. The molecule has 0 aliphatic rings. The molecule has 0 saturated carbocycles. The van der Waals surface area contributed by atoms with Gasteiger partial charge in [-0.2, -0.15) is 0 Å². The first-order valence-electron chi connectivity index (χ1n) is 10.0. The third-order valence-corrected chi connectivity index (χ3v) is 6.18. The highest BCUT2D eigenvalue weighted by Crippen LogP contribution is 2.26. The molecule has 0 aromatic heterocycles. The van der Waals surface area contributed by atoms with E-state index in [-0.39, 0.29) is 11.9 Å². The molecule has 0 spiro atoms. The van der Waals surface area contributed by atoms with E-state index in [1.165, 1.54) is 4.31 Å². The van der Waals surface area contributed by atoms with E-state index in [2.05, 4.69) is 5.32 Å². The van der Waals surface area contributed by atoms with Gasteiger partial charge in [0.1, 0.15) is 6.04 Å². The van der Waals surface area contributed by atoms with Crippen LogP contribution in [-0.2, 0) is 14.8 Å². The van der Waals surface area contributed by atoms with Crippen LogP contribution in [-0.4, -0.2) is 26.6 Å². The van der Waals surface area contributed by atoms with Crippen molar-refractivity contribution in [3.05, 3.63) is 64.7 Å². The molecular formula is C23H32N2O3S. The van der Waals surface area contributed by atoms with Crippen LogP contribution in [0.3, 0.4) is 0 Å². The lowest BCUT2D eigenvalue weighted by molar-refractivity contribution is -0.123. The van der Waals surface area contributed by atoms with E-state index in [9.17, 15) is 13.2 Å². The molecule has 0 radical (unpaired) electrons. The second-order valence-electron chi connectivity index (χ2n) is 7.71. The first kappa shape index (κ1) is 22.9. The van der Waals surface area contributed by atoms with E-state index >= 15 is 0 Å². The lowest BCUT2D eigenvalue weighted by Crippen LogP contribution is -2.50. The average molecular weight is 417 g/mol. The number of hydrogen-bond donors (Lipinski definition) is 1. The number of benzene rings is 2. The second kappa shape index (κ2) is 9.44. The highest BCUT2D eigenvalue weighted by Gasteiger charge is 2.32. The molecule has 0 bridgehead atoms. The fourth-order valence-electron chi connectivity index (χ4n) is 3.63. The quantitative estimate of drug-likeness (QED) is 0.692. The van der Waals surface area contributed by atoms with E-state index in [0.29, 0.717) is 18.5 Å². The molecule has 29 heavy (non-hydrogen) atoms. The summed E-state index contributed by atoms with van der Waals surface area (Å²) in [5.41, 5.74) is 4.60. The molecule has 0 fully saturated rings. The topological polar surface area (TPSA) is 66.5 Å². The number of carbonyl (C=O) groups excluding carboxylic acids is 1. The van der Waals surface area contributed by atoms with Crippen molar-refractivity contribution >= 4 is 21.6 Å². The van der Waals surface area contributed by atoms with Gasteiger partial charge in [0.15, 0.2) is 0 Å². The summed E-state index contributed by atoms with van der Waals surface area (Å²) >= 11 is 0. The molecule has 6 heteroatoms. The minimum atomic E-state index is -3.65. The molecule has 2 aromatic carbocycles. The Bertz CT molecular complexity index is 932. The number of aryl methyl sites for hydroxylation is 3. The molecule has 5 nitrogen and oxygen atoms in total. The zero-order valence-electron chi connectivity index (χ0n) is 18.2. The van der Waals surface area contributed by atoms with Crippen molar-refractivity contribution in [3.63, 3.8) is 0 Å². The van der Waals surface area contributed by atoms with Crippen LogP contribution in [0.15, 0.2) is 42.5 Å². The third-order valence-electron chi connectivity index (χ3n) is 5.00. The Morgan fingerprint density at radius 1 is 0.931 bits per heavy atom. The lowest BCUT2D eigenvalue weighted by atomic mass is 10.0. The lowest BCUT2D eigenvalue weighted by Gasteiger charge is -2.32. The van der Waals surface area contributed by atoms with Gasteiger partial charge in [0, 0.05) is 0 Å². The Hall–Kier alpha value is -2.34. The van der Waals surface area contributed by atoms with Gasteiger partial charge in [-0.3, -0.25) is 9.10 Å². The van der Waals surface area contributed by atoms with Crippen LogP contribution in [0.4, 0.5) is 5.69 Å². The number of rotatable bonds is 8. The summed E-state index contributed by atoms with van der Waals surface area (Å²) in [5, 5.41) is 3.06. The van der Waals surface area contributed by atoms with Gasteiger partial charge >= 0.3 is 0 Å². The van der Waals surface area contributed by atoms with Crippen LogP contribution in [0, 0.1) is 20.8 Å². The van der Waals surface area contributed by atoms with Gasteiger partial charge in [-0.25, -0.2) is 8.42 Å². The molecule has 2 aromatic rings. The maximum absolute atomic E-state index is 13.2. The normalized spacial score (nSPS) is 13.6. The fourth-order valence-corrected chi connectivity index (χ4v) is 4.82. The number of sulfonamides is 1. The largest absolute Gasteiger partial charge is 0.347 e. The fraction of sp³-hybridized carbons (Fsp3) is 0.435. The highest BCUT2D eigenvalue weighted by molar-refractivity contribution is 7.92. The molecule has 0 unspecified atom stereocenters. The first-order chi connectivity index (χ1) is 13.6. The van der Waals surface area contributed by atoms with E-state index in [1.54, 1.807) is 12.1 Å². The van der Waals surface area contributed by atoms with E-state index in [1.807, 2.05) is 65.0 Å². The average Bonchev–Trinajstić information content (AvgIpc) is 2.62. The molecule has 2 rings (SSSR count). The molecular weight excluding hydrogens is 384 g/mol. The number of amides is 1. The van der Waals surface area contributed by atoms with Crippen molar-refractivity contribution in [2.24, 2.45) is 0 Å². The minimum Gasteiger partial charge on any atom is -0.347 e. The number of nitrogens with one attached hydrogen (secondary N) is 1. The second-order valence-corrected chi connectivity index (χ2v) is 9.57. The summed E-state index contributed by atoms with van der Waals surface area (Å²) in [7, 11) is -3.65. The van der Waals surface area contributed by atoms with Gasteiger partial charge in [-0.15, -0.1) is 0 Å².